The van der Waals surface area contributed by atoms with Gasteiger partial charge < -0.3 is 4.74 Å². The number of esters is 1. The molecule has 0 aromatic heterocycles. The fourth-order valence-electron chi connectivity index (χ4n) is 3.43. The van der Waals surface area contributed by atoms with Gasteiger partial charge in [0, 0.05) is 6.42 Å². The van der Waals surface area contributed by atoms with Gasteiger partial charge in [0.2, 0.25) is 0 Å². The fourth-order valence-corrected chi connectivity index (χ4v) is 3.43. The first-order valence-corrected chi connectivity index (χ1v) is 11.7. The second-order valence-electron chi connectivity index (χ2n) is 7.81. The number of hydrogen-bond acceptors (Lipinski definition) is 2. The lowest BCUT2D eigenvalue weighted by Gasteiger charge is -2.17. The molecule has 28 heavy (non-hydrogen) atoms. The van der Waals surface area contributed by atoms with Crippen LogP contribution in [0.25, 0.3) is 0 Å². The molecular weight excluding hydrogens is 344 g/mol. The van der Waals surface area contributed by atoms with Crippen molar-refractivity contribution >= 4 is 5.97 Å². The highest BCUT2D eigenvalue weighted by Gasteiger charge is 2.15. The van der Waals surface area contributed by atoms with Crippen LogP contribution in [0.4, 0.5) is 0 Å². The van der Waals surface area contributed by atoms with Crippen LogP contribution in [0.2, 0.25) is 0 Å². The van der Waals surface area contributed by atoms with Crippen molar-refractivity contribution in [1.29, 1.82) is 0 Å². The SMILES string of the molecule is CCCCCC/C=C\CCCCCCCC(=O)OC(CCC)c1ccccc1. The number of ether oxygens (including phenoxy) is 1. The molecule has 0 radical (unpaired) electrons. The predicted molar refractivity (Wildman–Crippen MR) is 120 cm³/mol. The lowest BCUT2D eigenvalue weighted by molar-refractivity contribution is -0.150. The molecule has 2 heteroatoms. The zero-order chi connectivity index (χ0) is 20.3. The fraction of sp³-hybridized carbons (Fsp3) is 0.654. The molecule has 0 N–H and O–H groups in total. The molecule has 1 unspecified atom stereocenters. The van der Waals surface area contributed by atoms with Crippen molar-refractivity contribution < 1.29 is 9.53 Å². The van der Waals surface area contributed by atoms with Gasteiger partial charge in [0.1, 0.15) is 6.10 Å². The van der Waals surface area contributed by atoms with E-state index >= 15 is 0 Å². The highest BCUT2D eigenvalue weighted by atomic mass is 16.5. The lowest BCUT2D eigenvalue weighted by atomic mass is 10.1. The number of benzene rings is 1. The molecule has 0 aliphatic heterocycles. The molecule has 0 amide bonds. The Kier molecular flexibility index (Phi) is 15.3. The maximum Gasteiger partial charge on any atom is 0.306 e. The van der Waals surface area contributed by atoms with Gasteiger partial charge in [-0.2, -0.15) is 0 Å². The van der Waals surface area contributed by atoms with E-state index in [0.717, 1.165) is 31.2 Å². The minimum Gasteiger partial charge on any atom is -0.457 e. The maximum absolute atomic E-state index is 12.2. The second-order valence-corrected chi connectivity index (χ2v) is 7.81. The van der Waals surface area contributed by atoms with Crippen LogP contribution in [0.5, 0.6) is 0 Å². The van der Waals surface area contributed by atoms with Crippen molar-refractivity contribution in [2.75, 3.05) is 0 Å². The number of carbonyl (C=O) groups excluding carboxylic acids is 1. The number of carbonyl (C=O) groups is 1. The molecule has 158 valence electrons. The average Bonchev–Trinajstić information content (AvgIpc) is 2.72. The molecule has 1 atom stereocenters. The monoisotopic (exact) mass is 386 g/mol. The number of allylic oxidation sites excluding steroid dienone is 2. The van der Waals surface area contributed by atoms with Gasteiger partial charge in [0.05, 0.1) is 0 Å². The molecule has 0 fully saturated rings. The molecule has 0 bridgehead atoms. The third kappa shape index (κ3) is 12.8. The lowest BCUT2D eigenvalue weighted by Crippen LogP contribution is -2.11. The zero-order valence-corrected chi connectivity index (χ0v) is 18.3. The van der Waals surface area contributed by atoms with E-state index < -0.39 is 0 Å². The number of rotatable bonds is 17. The predicted octanol–water partition coefficient (Wildman–Crippen LogP) is 8.33. The summed E-state index contributed by atoms with van der Waals surface area (Å²) in [6, 6.07) is 10.1. The van der Waals surface area contributed by atoms with E-state index in [0.29, 0.717) is 6.42 Å². The van der Waals surface area contributed by atoms with E-state index in [1.165, 1.54) is 57.8 Å². The molecule has 0 aliphatic rings. The van der Waals surface area contributed by atoms with Gasteiger partial charge in [0.25, 0.3) is 0 Å². The Hall–Kier alpha value is -1.57. The zero-order valence-electron chi connectivity index (χ0n) is 18.3. The summed E-state index contributed by atoms with van der Waals surface area (Å²) in [6.07, 6.45) is 20.7. The Morgan fingerprint density at radius 2 is 1.43 bits per heavy atom. The van der Waals surface area contributed by atoms with E-state index in [1.807, 2.05) is 30.3 Å². The summed E-state index contributed by atoms with van der Waals surface area (Å²) < 4.78 is 5.74. The van der Waals surface area contributed by atoms with Crippen molar-refractivity contribution in [2.24, 2.45) is 0 Å². The van der Waals surface area contributed by atoms with Gasteiger partial charge in [-0.1, -0.05) is 101 Å². The molecular formula is C26H42O2. The largest absolute Gasteiger partial charge is 0.457 e. The highest BCUT2D eigenvalue weighted by molar-refractivity contribution is 5.69. The molecule has 0 spiro atoms. The average molecular weight is 387 g/mol. The van der Waals surface area contributed by atoms with Gasteiger partial charge in [-0.05, 0) is 44.1 Å². The quantitative estimate of drug-likeness (QED) is 0.153. The topological polar surface area (TPSA) is 26.3 Å². The molecule has 1 aromatic rings. The van der Waals surface area contributed by atoms with E-state index in [4.69, 9.17) is 4.74 Å². The van der Waals surface area contributed by atoms with Gasteiger partial charge in [-0.15, -0.1) is 0 Å². The Labute approximate surface area is 173 Å². The summed E-state index contributed by atoms with van der Waals surface area (Å²) in [4.78, 5) is 12.2. The molecule has 1 rings (SSSR count). The Morgan fingerprint density at radius 3 is 2.07 bits per heavy atom. The van der Waals surface area contributed by atoms with Crippen LogP contribution in [-0.4, -0.2) is 5.97 Å². The number of hydrogen-bond donors (Lipinski definition) is 0. The molecule has 1 aromatic carbocycles. The van der Waals surface area contributed by atoms with Crippen LogP contribution in [-0.2, 0) is 9.53 Å². The van der Waals surface area contributed by atoms with Crippen LogP contribution in [0, 0.1) is 0 Å². The second kappa shape index (κ2) is 17.5. The summed E-state index contributed by atoms with van der Waals surface area (Å²) in [5.41, 5.74) is 1.11. The van der Waals surface area contributed by atoms with Crippen molar-refractivity contribution in [1.82, 2.24) is 0 Å². The molecule has 0 saturated carbocycles. The Bertz CT molecular complexity index is 506. The normalized spacial score (nSPS) is 12.4. The van der Waals surface area contributed by atoms with E-state index in [9.17, 15) is 4.79 Å². The minimum absolute atomic E-state index is 0.0479. The molecule has 2 nitrogen and oxygen atoms in total. The van der Waals surface area contributed by atoms with Crippen LogP contribution < -0.4 is 0 Å². The van der Waals surface area contributed by atoms with E-state index in [1.54, 1.807) is 0 Å². The summed E-state index contributed by atoms with van der Waals surface area (Å²) in [6.45, 7) is 4.39. The van der Waals surface area contributed by atoms with Crippen LogP contribution >= 0.6 is 0 Å². The van der Waals surface area contributed by atoms with Crippen molar-refractivity contribution in [3.05, 3.63) is 48.0 Å². The maximum atomic E-state index is 12.2. The first-order valence-electron chi connectivity index (χ1n) is 11.7. The van der Waals surface area contributed by atoms with E-state index in [2.05, 4.69) is 26.0 Å². The summed E-state index contributed by atoms with van der Waals surface area (Å²) in [5.74, 6) is -0.0479. The highest BCUT2D eigenvalue weighted by Crippen LogP contribution is 2.23. The summed E-state index contributed by atoms with van der Waals surface area (Å²) in [5, 5.41) is 0. The van der Waals surface area contributed by atoms with E-state index in [-0.39, 0.29) is 12.1 Å². The van der Waals surface area contributed by atoms with Gasteiger partial charge in [-0.25, -0.2) is 0 Å². The first kappa shape index (κ1) is 24.5. The van der Waals surface area contributed by atoms with Crippen LogP contribution in [0.3, 0.4) is 0 Å². The molecule has 0 saturated heterocycles. The third-order valence-corrected chi connectivity index (χ3v) is 5.14. The first-order chi connectivity index (χ1) is 13.8. The number of unbranched alkanes of at least 4 members (excludes halogenated alkanes) is 9. The van der Waals surface area contributed by atoms with Crippen LogP contribution in [0.15, 0.2) is 42.5 Å². The third-order valence-electron chi connectivity index (χ3n) is 5.14. The van der Waals surface area contributed by atoms with Crippen LogP contribution in [0.1, 0.15) is 115 Å². The van der Waals surface area contributed by atoms with Gasteiger partial charge in [-0.3, -0.25) is 4.79 Å². The smallest absolute Gasteiger partial charge is 0.306 e. The van der Waals surface area contributed by atoms with Crippen molar-refractivity contribution in [3.63, 3.8) is 0 Å². The van der Waals surface area contributed by atoms with Gasteiger partial charge >= 0.3 is 5.97 Å². The Balaban J connectivity index is 2.03. The van der Waals surface area contributed by atoms with Gasteiger partial charge in [0.15, 0.2) is 0 Å². The Morgan fingerprint density at radius 1 is 0.821 bits per heavy atom. The molecule has 0 aliphatic carbocycles. The summed E-state index contributed by atoms with van der Waals surface area (Å²) in [7, 11) is 0. The van der Waals surface area contributed by atoms with Crippen molar-refractivity contribution in [2.45, 2.75) is 110 Å². The molecule has 0 heterocycles. The standard InChI is InChI=1S/C26H42O2/c1-3-5-6-7-8-9-10-11-12-13-14-15-19-23-26(27)28-25(20-4-2)24-21-17-16-18-22-24/h9-10,16-18,21-22,25H,3-8,11-15,19-20,23H2,1-2H3/b10-9-. The van der Waals surface area contributed by atoms with Crippen molar-refractivity contribution in [3.8, 4) is 0 Å². The summed E-state index contributed by atoms with van der Waals surface area (Å²) >= 11 is 0. The minimum atomic E-state index is -0.0903.